The zero-order valence-electron chi connectivity index (χ0n) is 13.6. The molecule has 1 N–H and O–H groups in total. The van der Waals surface area contributed by atoms with Crippen molar-refractivity contribution in [2.45, 2.75) is 51.5 Å². The summed E-state index contributed by atoms with van der Waals surface area (Å²) in [6.07, 6.45) is 2.78. The van der Waals surface area contributed by atoms with Crippen molar-refractivity contribution in [1.82, 2.24) is 9.62 Å². The summed E-state index contributed by atoms with van der Waals surface area (Å²) in [5.74, 6) is 0. The SMILES string of the molecule is CCCCN(C)S(=O)(=O)c1ccc(CC)c(CNCC)c1. The summed E-state index contributed by atoms with van der Waals surface area (Å²) >= 11 is 0. The first-order chi connectivity index (χ1) is 9.97. The molecular weight excluding hydrogens is 284 g/mol. The van der Waals surface area contributed by atoms with Crippen LogP contribution in [0.4, 0.5) is 0 Å². The first kappa shape index (κ1) is 18.1. The number of unbranched alkanes of at least 4 members (excludes halogenated alkanes) is 1. The van der Waals surface area contributed by atoms with Crippen LogP contribution in [0, 0.1) is 0 Å². The number of hydrogen-bond acceptors (Lipinski definition) is 3. The van der Waals surface area contributed by atoms with E-state index in [1.807, 2.05) is 19.1 Å². The highest BCUT2D eigenvalue weighted by Gasteiger charge is 2.21. The third kappa shape index (κ3) is 4.80. The number of benzene rings is 1. The molecule has 0 amide bonds. The molecule has 0 saturated heterocycles. The van der Waals surface area contributed by atoms with Crippen LogP contribution < -0.4 is 5.32 Å². The molecule has 1 rings (SSSR count). The topological polar surface area (TPSA) is 49.4 Å². The molecule has 4 nitrogen and oxygen atoms in total. The van der Waals surface area contributed by atoms with Gasteiger partial charge in [0.2, 0.25) is 10.0 Å². The van der Waals surface area contributed by atoms with Crippen LogP contribution in [0.3, 0.4) is 0 Å². The van der Waals surface area contributed by atoms with E-state index in [9.17, 15) is 8.42 Å². The highest BCUT2D eigenvalue weighted by Crippen LogP contribution is 2.20. The maximum absolute atomic E-state index is 12.6. The fourth-order valence-electron chi connectivity index (χ4n) is 2.21. The van der Waals surface area contributed by atoms with E-state index in [0.29, 0.717) is 18.0 Å². The summed E-state index contributed by atoms with van der Waals surface area (Å²) in [5.41, 5.74) is 2.27. The highest BCUT2D eigenvalue weighted by atomic mass is 32.2. The molecule has 0 unspecified atom stereocenters. The van der Waals surface area contributed by atoms with Gasteiger partial charge in [-0.25, -0.2) is 12.7 Å². The van der Waals surface area contributed by atoms with Gasteiger partial charge in [0, 0.05) is 20.1 Å². The molecule has 0 aromatic heterocycles. The Bertz CT molecular complexity index is 541. The van der Waals surface area contributed by atoms with E-state index in [1.165, 1.54) is 9.87 Å². The van der Waals surface area contributed by atoms with Crippen LogP contribution in [-0.4, -0.2) is 32.9 Å². The lowest BCUT2D eigenvalue weighted by Crippen LogP contribution is -2.28. The second-order valence-electron chi connectivity index (χ2n) is 5.24. The lowest BCUT2D eigenvalue weighted by molar-refractivity contribution is 0.459. The van der Waals surface area contributed by atoms with E-state index >= 15 is 0 Å². The molecule has 1 aromatic carbocycles. The molecule has 0 radical (unpaired) electrons. The van der Waals surface area contributed by atoms with Crippen molar-refractivity contribution < 1.29 is 8.42 Å². The molecule has 0 heterocycles. The number of nitrogens with zero attached hydrogens (tertiary/aromatic N) is 1. The third-order valence-corrected chi connectivity index (χ3v) is 5.51. The van der Waals surface area contributed by atoms with Gasteiger partial charge in [-0.15, -0.1) is 0 Å². The lowest BCUT2D eigenvalue weighted by Gasteiger charge is -2.18. The fourth-order valence-corrected chi connectivity index (χ4v) is 3.47. The Balaban J connectivity index is 3.06. The number of hydrogen-bond donors (Lipinski definition) is 1. The third-order valence-electron chi connectivity index (χ3n) is 3.66. The fraction of sp³-hybridized carbons (Fsp3) is 0.625. The Morgan fingerprint density at radius 1 is 1.14 bits per heavy atom. The average molecular weight is 312 g/mol. The van der Waals surface area contributed by atoms with Crippen molar-refractivity contribution >= 4 is 10.0 Å². The molecule has 0 aliphatic carbocycles. The number of nitrogens with one attached hydrogen (secondary N) is 1. The van der Waals surface area contributed by atoms with Crippen LogP contribution in [-0.2, 0) is 23.0 Å². The number of rotatable bonds is 9. The number of aryl methyl sites for hydroxylation is 1. The van der Waals surface area contributed by atoms with Crippen LogP contribution >= 0.6 is 0 Å². The van der Waals surface area contributed by atoms with Crippen LogP contribution in [0.5, 0.6) is 0 Å². The Labute approximate surface area is 129 Å². The maximum atomic E-state index is 12.6. The standard InChI is InChI=1S/C16H28N2O2S/c1-5-8-11-18(4)21(19,20)16-10-9-14(6-2)15(12-16)13-17-7-3/h9-10,12,17H,5-8,11,13H2,1-4H3. The summed E-state index contributed by atoms with van der Waals surface area (Å²) < 4.78 is 26.6. The van der Waals surface area contributed by atoms with E-state index in [-0.39, 0.29) is 0 Å². The Hall–Kier alpha value is -0.910. The molecule has 1 aromatic rings. The second-order valence-corrected chi connectivity index (χ2v) is 7.29. The molecule has 0 saturated carbocycles. The van der Waals surface area contributed by atoms with Crippen LogP contribution in [0.1, 0.15) is 44.7 Å². The van der Waals surface area contributed by atoms with Gasteiger partial charge < -0.3 is 5.32 Å². The first-order valence-corrected chi connectivity index (χ1v) is 9.20. The summed E-state index contributed by atoms with van der Waals surface area (Å²) in [7, 11) is -1.72. The van der Waals surface area contributed by atoms with E-state index in [2.05, 4.69) is 19.2 Å². The normalized spacial score (nSPS) is 12.0. The van der Waals surface area contributed by atoms with Gasteiger partial charge in [-0.05, 0) is 42.6 Å². The highest BCUT2D eigenvalue weighted by molar-refractivity contribution is 7.89. The van der Waals surface area contributed by atoms with Gasteiger partial charge in [0.1, 0.15) is 0 Å². The van der Waals surface area contributed by atoms with E-state index < -0.39 is 10.0 Å². The van der Waals surface area contributed by atoms with Gasteiger partial charge in [0.05, 0.1) is 4.90 Å². The van der Waals surface area contributed by atoms with Crippen molar-refractivity contribution in [1.29, 1.82) is 0 Å². The predicted octanol–water partition coefficient (Wildman–Crippen LogP) is 2.78. The molecule has 0 atom stereocenters. The van der Waals surface area contributed by atoms with Gasteiger partial charge in [-0.1, -0.05) is 33.3 Å². The molecule has 0 aliphatic heterocycles. The molecule has 0 bridgehead atoms. The van der Waals surface area contributed by atoms with Crippen molar-refractivity contribution in [3.63, 3.8) is 0 Å². The van der Waals surface area contributed by atoms with E-state index in [0.717, 1.165) is 31.4 Å². The quantitative estimate of drug-likeness (QED) is 0.763. The number of sulfonamides is 1. The zero-order chi connectivity index (χ0) is 15.9. The van der Waals surface area contributed by atoms with Gasteiger partial charge in [0.15, 0.2) is 0 Å². The van der Waals surface area contributed by atoms with Crippen molar-refractivity contribution in [3.05, 3.63) is 29.3 Å². The minimum absolute atomic E-state index is 0.395. The Kier molecular flexibility index (Phi) is 7.35. The Morgan fingerprint density at radius 3 is 2.43 bits per heavy atom. The van der Waals surface area contributed by atoms with E-state index in [4.69, 9.17) is 0 Å². The van der Waals surface area contributed by atoms with Gasteiger partial charge in [-0.3, -0.25) is 0 Å². The largest absolute Gasteiger partial charge is 0.313 e. The Morgan fingerprint density at radius 2 is 1.86 bits per heavy atom. The zero-order valence-corrected chi connectivity index (χ0v) is 14.5. The molecular formula is C16H28N2O2S. The predicted molar refractivity (Wildman–Crippen MR) is 87.9 cm³/mol. The monoisotopic (exact) mass is 312 g/mol. The van der Waals surface area contributed by atoms with E-state index in [1.54, 1.807) is 13.1 Å². The average Bonchev–Trinajstić information content (AvgIpc) is 2.49. The van der Waals surface area contributed by atoms with Crippen molar-refractivity contribution in [2.75, 3.05) is 20.1 Å². The smallest absolute Gasteiger partial charge is 0.242 e. The van der Waals surface area contributed by atoms with Gasteiger partial charge in [-0.2, -0.15) is 0 Å². The van der Waals surface area contributed by atoms with Crippen LogP contribution in [0.25, 0.3) is 0 Å². The molecule has 5 heteroatoms. The van der Waals surface area contributed by atoms with Crippen LogP contribution in [0.15, 0.2) is 23.1 Å². The minimum Gasteiger partial charge on any atom is -0.313 e. The molecule has 0 aliphatic rings. The van der Waals surface area contributed by atoms with Crippen molar-refractivity contribution in [2.24, 2.45) is 0 Å². The first-order valence-electron chi connectivity index (χ1n) is 7.76. The molecule has 0 fully saturated rings. The van der Waals surface area contributed by atoms with Crippen LogP contribution in [0.2, 0.25) is 0 Å². The summed E-state index contributed by atoms with van der Waals surface area (Å²) in [4.78, 5) is 0.395. The molecule has 120 valence electrons. The lowest BCUT2D eigenvalue weighted by atomic mass is 10.1. The summed E-state index contributed by atoms with van der Waals surface area (Å²) in [6.45, 7) is 8.34. The maximum Gasteiger partial charge on any atom is 0.242 e. The van der Waals surface area contributed by atoms with Crippen molar-refractivity contribution in [3.8, 4) is 0 Å². The summed E-state index contributed by atoms with van der Waals surface area (Å²) in [6, 6.07) is 5.48. The minimum atomic E-state index is -3.38. The van der Waals surface area contributed by atoms with Gasteiger partial charge in [0.25, 0.3) is 0 Å². The second kappa shape index (κ2) is 8.51. The van der Waals surface area contributed by atoms with Gasteiger partial charge >= 0.3 is 0 Å². The molecule has 21 heavy (non-hydrogen) atoms. The summed E-state index contributed by atoms with van der Waals surface area (Å²) in [5, 5.41) is 3.27. The molecule has 0 spiro atoms.